The fourth-order valence-corrected chi connectivity index (χ4v) is 3.43. The van der Waals surface area contributed by atoms with Crippen molar-refractivity contribution in [2.24, 2.45) is 15.9 Å². The molecule has 0 unspecified atom stereocenters. The molecule has 0 amide bonds. The summed E-state index contributed by atoms with van der Waals surface area (Å²) >= 11 is 0. The molecule has 0 fully saturated rings. The van der Waals surface area contributed by atoms with Gasteiger partial charge in [-0.05, 0) is 41.1 Å². The molecule has 7 nitrogen and oxygen atoms in total. The Bertz CT molecular complexity index is 1180. The lowest BCUT2D eigenvalue weighted by Gasteiger charge is -2.03. The number of anilines is 1. The van der Waals surface area contributed by atoms with Gasteiger partial charge in [0.2, 0.25) is 5.96 Å². The monoisotopic (exact) mass is 394 g/mol. The third-order valence-corrected chi connectivity index (χ3v) is 5.22. The molecule has 0 aromatic heterocycles. The number of benzene rings is 3. The highest BCUT2D eigenvalue weighted by Gasteiger charge is 2.12. The third-order valence-electron chi connectivity index (χ3n) is 3.90. The number of allylic oxidation sites excluding steroid dienone is 1. The van der Waals surface area contributed by atoms with Crippen molar-refractivity contribution in [1.82, 2.24) is 0 Å². The van der Waals surface area contributed by atoms with Gasteiger partial charge in [-0.25, -0.2) is 0 Å². The van der Waals surface area contributed by atoms with Gasteiger partial charge >= 0.3 is 0 Å². The molecule has 3 rings (SSSR count). The second-order valence-corrected chi connectivity index (χ2v) is 7.52. The number of hydrogen-bond acceptors (Lipinski definition) is 4. The molecule has 0 saturated carbocycles. The van der Waals surface area contributed by atoms with Crippen molar-refractivity contribution in [3.05, 3.63) is 84.6 Å². The Morgan fingerprint density at radius 2 is 1.61 bits per heavy atom. The molecule has 0 spiro atoms. The fraction of sp³-hybridized carbons (Fsp3) is 0. The van der Waals surface area contributed by atoms with E-state index in [4.69, 9.17) is 11.5 Å². The maximum Gasteiger partial charge on any atom is 0.285 e. The minimum absolute atomic E-state index is 0.0392. The van der Waals surface area contributed by atoms with E-state index < -0.39 is 16.0 Å². The first-order valence-corrected chi connectivity index (χ1v) is 9.71. The molecule has 0 aliphatic heterocycles. The molecule has 5 N–H and O–H groups in total. The van der Waals surface area contributed by atoms with Crippen LogP contribution in [-0.2, 0) is 10.0 Å². The number of carbonyl (C=O) groups excluding carboxylic acids is 1. The summed E-state index contributed by atoms with van der Waals surface area (Å²) in [6.07, 6.45) is 2.91. The average molecular weight is 394 g/mol. The van der Waals surface area contributed by atoms with Gasteiger partial charge in [-0.2, -0.15) is 8.42 Å². The van der Waals surface area contributed by atoms with E-state index in [9.17, 15) is 13.2 Å². The number of fused-ring (bicyclic) bond motifs is 1. The highest BCUT2D eigenvalue weighted by Crippen LogP contribution is 2.17. The Balaban J connectivity index is 1.68. The van der Waals surface area contributed by atoms with Crippen molar-refractivity contribution >= 4 is 38.2 Å². The normalized spacial score (nSPS) is 11.4. The molecule has 142 valence electrons. The van der Waals surface area contributed by atoms with Crippen molar-refractivity contribution in [1.29, 1.82) is 0 Å². The van der Waals surface area contributed by atoms with Crippen LogP contribution in [0.15, 0.2) is 88.3 Å². The molecule has 0 radical (unpaired) electrons. The zero-order chi connectivity index (χ0) is 20.1. The van der Waals surface area contributed by atoms with E-state index in [1.54, 1.807) is 18.2 Å². The van der Waals surface area contributed by atoms with Crippen LogP contribution in [0.3, 0.4) is 0 Å². The molecule has 0 aliphatic carbocycles. The van der Waals surface area contributed by atoms with Gasteiger partial charge in [-0.3, -0.25) is 4.79 Å². The predicted molar refractivity (Wildman–Crippen MR) is 110 cm³/mol. The van der Waals surface area contributed by atoms with Crippen LogP contribution < -0.4 is 16.8 Å². The van der Waals surface area contributed by atoms with Gasteiger partial charge in [0.25, 0.3) is 10.0 Å². The maximum absolute atomic E-state index is 12.3. The largest absolute Gasteiger partial charge is 0.369 e. The standard InChI is InChI=1S/C20H18N4O3S/c21-20(22)24-28(26,27)18-9-7-17(8-10-18)23-12-11-19(25)16-6-5-14-3-1-2-4-15(14)13-16/h1-13,23H,(H4,21,22,24)/b12-11+. The molecule has 8 heteroatoms. The zero-order valence-corrected chi connectivity index (χ0v) is 15.6. The zero-order valence-electron chi connectivity index (χ0n) is 14.7. The van der Waals surface area contributed by atoms with Crippen LogP contribution in [0, 0.1) is 0 Å². The molecule has 0 heterocycles. The summed E-state index contributed by atoms with van der Waals surface area (Å²) in [5.41, 5.74) is 11.4. The summed E-state index contributed by atoms with van der Waals surface area (Å²) < 4.78 is 27.0. The van der Waals surface area contributed by atoms with E-state index in [1.165, 1.54) is 24.4 Å². The molecule has 28 heavy (non-hydrogen) atoms. The van der Waals surface area contributed by atoms with Crippen molar-refractivity contribution < 1.29 is 13.2 Å². The first-order chi connectivity index (χ1) is 13.3. The van der Waals surface area contributed by atoms with E-state index in [2.05, 4.69) is 9.71 Å². The van der Waals surface area contributed by atoms with Gasteiger partial charge in [0, 0.05) is 23.5 Å². The number of rotatable bonds is 6. The summed E-state index contributed by atoms with van der Waals surface area (Å²) in [5.74, 6) is -0.678. The number of ketones is 1. The molecule has 0 atom stereocenters. The van der Waals surface area contributed by atoms with E-state index in [1.807, 2.05) is 36.4 Å². The average Bonchev–Trinajstić information content (AvgIpc) is 2.67. The Morgan fingerprint density at radius 1 is 0.929 bits per heavy atom. The molecule has 3 aromatic rings. The van der Waals surface area contributed by atoms with Crippen LogP contribution in [0.1, 0.15) is 10.4 Å². The van der Waals surface area contributed by atoms with Crippen LogP contribution in [0.5, 0.6) is 0 Å². The number of nitrogens with one attached hydrogen (secondary N) is 1. The van der Waals surface area contributed by atoms with Crippen LogP contribution in [-0.4, -0.2) is 20.2 Å². The van der Waals surface area contributed by atoms with Gasteiger partial charge in [0.15, 0.2) is 5.78 Å². The topological polar surface area (TPSA) is 128 Å². The van der Waals surface area contributed by atoms with Crippen molar-refractivity contribution in [2.45, 2.75) is 4.90 Å². The molecular formula is C20H18N4O3S. The Kier molecular flexibility index (Phi) is 5.42. The van der Waals surface area contributed by atoms with E-state index in [0.717, 1.165) is 10.8 Å². The number of carbonyl (C=O) groups is 1. The van der Waals surface area contributed by atoms with Crippen LogP contribution in [0.4, 0.5) is 5.69 Å². The molecule has 3 aromatic carbocycles. The molecular weight excluding hydrogens is 376 g/mol. The van der Waals surface area contributed by atoms with Gasteiger partial charge in [0.1, 0.15) is 0 Å². The van der Waals surface area contributed by atoms with E-state index in [-0.39, 0.29) is 10.7 Å². The summed E-state index contributed by atoms with van der Waals surface area (Å²) in [4.78, 5) is 12.3. The molecule has 0 saturated heterocycles. The summed E-state index contributed by atoms with van der Waals surface area (Å²) in [7, 11) is -3.93. The minimum Gasteiger partial charge on any atom is -0.369 e. The van der Waals surface area contributed by atoms with Gasteiger partial charge in [-0.15, -0.1) is 4.40 Å². The lowest BCUT2D eigenvalue weighted by molar-refractivity contribution is 0.104. The Labute approximate surface area is 162 Å². The number of nitrogens with two attached hydrogens (primary N) is 2. The summed E-state index contributed by atoms with van der Waals surface area (Å²) in [6.45, 7) is 0. The van der Waals surface area contributed by atoms with Crippen LogP contribution >= 0.6 is 0 Å². The second kappa shape index (κ2) is 7.93. The number of sulfonamides is 1. The lowest BCUT2D eigenvalue weighted by atomic mass is 10.0. The fourth-order valence-electron chi connectivity index (χ4n) is 2.57. The van der Waals surface area contributed by atoms with Gasteiger partial charge in [0.05, 0.1) is 4.90 Å². The predicted octanol–water partition coefficient (Wildman–Crippen LogP) is 2.61. The van der Waals surface area contributed by atoms with Crippen LogP contribution in [0.25, 0.3) is 10.8 Å². The van der Waals surface area contributed by atoms with Crippen molar-refractivity contribution in [3.63, 3.8) is 0 Å². The first kappa shape index (κ1) is 19.1. The Hall–Kier alpha value is -3.65. The SMILES string of the molecule is NC(N)=NS(=O)(=O)c1ccc(N/C=C/C(=O)c2ccc3ccccc3c2)cc1. The number of guanidine groups is 1. The lowest BCUT2D eigenvalue weighted by Crippen LogP contribution is -2.24. The summed E-state index contributed by atoms with van der Waals surface area (Å²) in [6, 6.07) is 19.1. The van der Waals surface area contributed by atoms with E-state index >= 15 is 0 Å². The van der Waals surface area contributed by atoms with Crippen molar-refractivity contribution in [3.8, 4) is 0 Å². The molecule has 0 bridgehead atoms. The van der Waals surface area contributed by atoms with Crippen LogP contribution in [0.2, 0.25) is 0 Å². The highest BCUT2D eigenvalue weighted by molar-refractivity contribution is 7.90. The van der Waals surface area contributed by atoms with E-state index in [0.29, 0.717) is 11.3 Å². The quantitative estimate of drug-likeness (QED) is 0.255. The number of hydrogen-bond donors (Lipinski definition) is 3. The van der Waals surface area contributed by atoms with Crippen molar-refractivity contribution in [2.75, 3.05) is 5.32 Å². The van der Waals surface area contributed by atoms with Gasteiger partial charge in [-0.1, -0.05) is 36.4 Å². The molecule has 0 aliphatic rings. The smallest absolute Gasteiger partial charge is 0.285 e. The Morgan fingerprint density at radius 3 is 2.29 bits per heavy atom. The van der Waals surface area contributed by atoms with Gasteiger partial charge < -0.3 is 16.8 Å². The summed E-state index contributed by atoms with van der Waals surface area (Å²) in [5, 5.41) is 4.98. The second-order valence-electron chi connectivity index (χ2n) is 5.92. The third kappa shape index (κ3) is 4.54. The maximum atomic E-state index is 12.3. The minimum atomic E-state index is -3.93. The first-order valence-electron chi connectivity index (χ1n) is 8.27. The number of nitrogens with zero attached hydrogens (tertiary/aromatic N) is 1. The highest BCUT2D eigenvalue weighted by atomic mass is 32.2.